The van der Waals surface area contributed by atoms with Gasteiger partial charge in [0.2, 0.25) is 5.95 Å². The molecule has 2 aromatic rings. The molecule has 0 amide bonds. The molecule has 0 radical (unpaired) electrons. The van der Waals surface area contributed by atoms with Crippen LogP contribution < -0.4 is 10.2 Å². The molecule has 5 nitrogen and oxygen atoms in total. The first-order valence-electron chi connectivity index (χ1n) is 8.73. The number of aryl methyl sites for hydroxylation is 1. The largest absolute Gasteiger partial charge is 0.360 e. The lowest BCUT2D eigenvalue weighted by atomic mass is 10.1. The molecule has 0 aliphatic carbocycles. The van der Waals surface area contributed by atoms with Crippen molar-refractivity contribution < 1.29 is 4.39 Å². The third kappa shape index (κ3) is 4.45. The van der Waals surface area contributed by atoms with Crippen molar-refractivity contribution in [3.8, 4) is 0 Å². The highest BCUT2D eigenvalue weighted by atomic mass is 19.1. The van der Waals surface area contributed by atoms with Crippen molar-refractivity contribution >= 4 is 11.8 Å². The molecule has 1 saturated heterocycles. The summed E-state index contributed by atoms with van der Waals surface area (Å²) in [5.41, 5.74) is 2.74. The normalized spacial score (nSPS) is 17.7. The molecule has 1 aliphatic heterocycles. The van der Waals surface area contributed by atoms with Crippen LogP contribution in [0.5, 0.6) is 0 Å². The number of anilines is 2. The molecule has 3 rings (SSSR count). The smallest absolute Gasteiger partial charge is 0.224 e. The van der Waals surface area contributed by atoms with E-state index in [0.29, 0.717) is 17.7 Å². The molecule has 1 N–H and O–H groups in total. The molecule has 1 unspecified atom stereocenters. The Bertz CT molecular complexity index is 719. The second kappa shape index (κ2) is 7.78. The lowest BCUT2D eigenvalue weighted by Crippen LogP contribution is -2.23. The van der Waals surface area contributed by atoms with Gasteiger partial charge in [-0.15, -0.1) is 0 Å². The van der Waals surface area contributed by atoms with E-state index in [1.54, 1.807) is 19.0 Å². The highest BCUT2D eigenvalue weighted by Gasteiger charge is 2.23. The van der Waals surface area contributed by atoms with Crippen molar-refractivity contribution in [1.82, 2.24) is 14.9 Å². The summed E-state index contributed by atoms with van der Waals surface area (Å²) in [6, 6.07) is 8.56. The number of rotatable bonds is 6. The third-order valence-corrected chi connectivity index (χ3v) is 4.72. The predicted molar refractivity (Wildman–Crippen MR) is 99.4 cm³/mol. The molecule has 1 aromatic heterocycles. The van der Waals surface area contributed by atoms with E-state index >= 15 is 0 Å². The second-order valence-corrected chi connectivity index (χ2v) is 6.96. The van der Waals surface area contributed by atoms with Crippen LogP contribution in [0.25, 0.3) is 0 Å². The van der Waals surface area contributed by atoms with Gasteiger partial charge in [0.25, 0.3) is 0 Å². The van der Waals surface area contributed by atoms with Crippen molar-refractivity contribution in [2.24, 2.45) is 5.92 Å². The monoisotopic (exact) mass is 343 g/mol. The van der Waals surface area contributed by atoms with Gasteiger partial charge in [-0.1, -0.05) is 24.3 Å². The lowest BCUT2D eigenvalue weighted by molar-refractivity contribution is 0.318. The zero-order chi connectivity index (χ0) is 17.8. The molecule has 1 fully saturated rings. The van der Waals surface area contributed by atoms with Crippen molar-refractivity contribution in [1.29, 1.82) is 0 Å². The van der Waals surface area contributed by atoms with E-state index in [4.69, 9.17) is 0 Å². The molecule has 0 saturated carbocycles. The number of nitrogens with zero attached hydrogens (tertiary/aromatic N) is 4. The summed E-state index contributed by atoms with van der Waals surface area (Å²) in [5.74, 6) is 0.953. The number of likely N-dealkylation sites (tertiary alicyclic amines) is 1. The highest BCUT2D eigenvalue weighted by Crippen LogP contribution is 2.21. The van der Waals surface area contributed by atoms with E-state index in [1.165, 1.54) is 17.3 Å². The summed E-state index contributed by atoms with van der Waals surface area (Å²) < 4.78 is 13.7. The zero-order valence-corrected chi connectivity index (χ0v) is 15.2. The first-order valence-corrected chi connectivity index (χ1v) is 8.73. The Kier molecular flexibility index (Phi) is 5.48. The molecule has 6 heteroatoms. The molecule has 1 aliphatic rings. The Labute approximate surface area is 148 Å². The molecule has 1 aromatic carbocycles. The van der Waals surface area contributed by atoms with Crippen molar-refractivity contribution in [3.05, 3.63) is 47.4 Å². The summed E-state index contributed by atoms with van der Waals surface area (Å²) in [7, 11) is 3.55. The predicted octanol–water partition coefficient (Wildman–Crippen LogP) is 2.92. The minimum Gasteiger partial charge on any atom is -0.360 e. The Balaban J connectivity index is 1.52. The molecule has 0 spiro atoms. The molecule has 2 heterocycles. The number of hydrogen-bond acceptors (Lipinski definition) is 5. The molecular weight excluding hydrogens is 317 g/mol. The van der Waals surface area contributed by atoms with Crippen LogP contribution in [0.2, 0.25) is 0 Å². The lowest BCUT2D eigenvalue weighted by Gasteiger charge is -2.18. The number of benzene rings is 1. The SMILES string of the molecule is Cc1ccccc1CN1CCC(CNc2ncc(F)c(N(C)C)n2)C1. The quantitative estimate of drug-likeness (QED) is 0.874. The second-order valence-electron chi connectivity index (χ2n) is 6.96. The van der Waals surface area contributed by atoms with Crippen LogP contribution in [0.1, 0.15) is 17.5 Å². The third-order valence-electron chi connectivity index (χ3n) is 4.72. The average molecular weight is 343 g/mol. The Morgan fingerprint density at radius 1 is 1.32 bits per heavy atom. The maximum absolute atomic E-state index is 13.7. The fraction of sp³-hybridized carbons (Fsp3) is 0.474. The summed E-state index contributed by atoms with van der Waals surface area (Å²) in [5, 5.41) is 3.26. The van der Waals surface area contributed by atoms with Gasteiger partial charge in [-0.2, -0.15) is 4.98 Å². The van der Waals surface area contributed by atoms with Crippen molar-refractivity contribution in [2.75, 3.05) is 43.9 Å². The summed E-state index contributed by atoms with van der Waals surface area (Å²) in [6.45, 7) is 6.14. The maximum atomic E-state index is 13.7. The van der Waals surface area contributed by atoms with Gasteiger partial charge >= 0.3 is 0 Å². The standard InChI is InChI=1S/C19H26FN5/c1-14-6-4-5-7-16(14)13-25-9-8-15(12-25)10-21-19-22-11-17(20)18(23-19)24(2)3/h4-7,11,15H,8-10,12-13H2,1-3H3,(H,21,22,23). The Morgan fingerprint density at radius 3 is 2.88 bits per heavy atom. The maximum Gasteiger partial charge on any atom is 0.224 e. The number of nitrogens with one attached hydrogen (secondary N) is 1. The van der Waals surface area contributed by atoms with Gasteiger partial charge in [-0.05, 0) is 36.9 Å². The summed E-state index contributed by atoms with van der Waals surface area (Å²) in [6.07, 6.45) is 2.38. The van der Waals surface area contributed by atoms with Gasteiger partial charge in [-0.3, -0.25) is 4.90 Å². The first-order chi connectivity index (χ1) is 12.0. The van der Waals surface area contributed by atoms with Gasteiger partial charge in [0.15, 0.2) is 11.6 Å². The van der Waals surface area contributed by atoms with Crippen LogP contribution in [-0.2, 0) is 6.54 Å². The zero-order valence-electron chi connectivity index (χ0n) is 15.2. The van der Waals surface area contributed by atoms with Gasteiger partial charge in [-0.25, -0.2) is 9.37 Å². The fourth-order valence-corrected chi connectivity index (χ4v) is 3.24. The van der Waals surface area contributed by atoms with Crippen molar-refractivity contribution in [2.45, 2.75) is 19.9 Å². The van der Waals surface area contributed by atoms with Crippen LogP contribution in [-0.4, -0.2) is 48.6 Å². The molecule has 134 valence electrons. The van der Waals surface area contributed by atoms with E-state index < -0.39 is 5.82 Å². The number of hydrogen-bond donors (Lipinski definition) is 1. The van der Waals surface area contributed by atoms with Gasteiger partial charge < -0.3 is 10.2 Å². The number of aromatic nitrogens is 2. The van der Waals surface area contributed by atoms with Crippen LogP contribution in [0, 0.1) is 18.7 Å². The average Bonchev–Trinajstić information content (AvgIpc) is 3.03. The fourth-order valence-electron chi connectivity index (χ4n) is 3.24. The van der Waals surface area contributed by atoms with E-state index in [-0.39, 0.29) is 0 Å². The van der Waals surface area contributed by atoms with E-state index in [9.17, 15) is 4.39 Å². The van der Waals surface area contributed by atoms with E-state index in [2.05, 4.69) is 51.4 Å². The Hall–Kier alpha value is -2.21. The van der Waals surface area contributed by atoms with Gasteiger partial charge in [0, 0.05) is 33.7 Å². The van der Waals surface area contributed by atoms with Crippen LogP contribution >= 0.6 is 0 Å². The minimum atomic E-state index is -0.402. The number of halogens is 1. The van der Waals surface area contributed by atoms with E-state index in [1.807, 2.05) is 0 Å². The van der Waals surface area contributed by atoms with Crippen LogP contribution in [0.3, 0.4) is 0 Å². The topological polar surface area (TPSA) is 44.3 Å². The molecular formula is C19H26FN5. The molecule has 25 heavy (non-hydrogen) atoms. The molecule has 0 bridgehead atoms. The van der Waals surface area contributed by atoms with Gasteiger partial charge in [0.05, 0.1) is 6.20 Å². The minimum absolute atomic E-state index is 0.310. The van der Waals surface area contributed by atoms with Crippen molar-refractivity contribution in [3.63, 3.8) is 0 Å². The van der Waals surface area contributed by atoms with Gasteiger partial charge in [0.1, 0.15) is 0 Å². The first kappa shape index (κ1) is 17.6. The molecule has 1 atom stereocenters. The van der Waals surface area contributed by atoms with E-state index in [0.717, 1.165) is 32.6 Å². The van der Waals surface area contributed by atoms with Crippen LogP contribution in [0.15, 0.2) is 30.5 Å². The van der Waals surface area contributed by atoms with Crippen LogP contribution in [0.4, 0.5) is 16.2 Å². The summed E-state index contributed by atoms with van der Waals surface area (Å²) >= 11 is 0. The Morgan fingerprint density at radius 2 is 2.12 bits per heavy atom. The summed E-state index contributed by atoms with van der Waals surface area (Å²) in [4.78, 5) is 12.4. The highest BCUT2D eigenvalue weighted by molar-refractivity contribution is 5.42.